The maximum atomic E-state index is 12.5. The summed E-state index contributed by atoms with van der Waals surface area (Å²) in [5.41, 5.74) is 14.4. The van der Waals surface area contributed by atoms with E-state index in [4.69, 9.17) is 44.6 Å². The van der Waals surface area contributed by atoms with Crippen molar-refractivity contribution in [3.8, 4) is 5.75 Å². The molecule has 45 heteroatoms. The first-order chi connectivity index (χ1) is 38.7. The van der Waals surface area contributed by atoms with Crippen LogP contribution in [0.15, 0.2) is 157 Å². The fourth-order valence-electron chi connectivity index (χ4n) is 6.33. The summed E-state index contributed by atoms with van der Waals surface area (Å²) >= 11 is 5.87. The fourth-order valence-corrected chi connectivity index (χ4v) is 11.9. The largest absolute Gasteiger partial charge is 0.505 e. The van der Waals surface area contributed by atoms with Crippen LogP contribution in [0, 0.1) is 0 Å². The number of urea groups is 1. The van der Waals surface area contributed by atoms with Crippen molar-refractivity contribution in [1.29, 1.82) is 0 Å². The van der Waals surface area contributed by atoms with Crippen LogP contribution in [-0.2, 0) is 78.4 Å². The number of carbonyl (C=O) groups is 1. The van der Waals surface area contributed by atoms with E-state index in [1.807, 2.05) is 0 Å². The number of azo groups is 2. The lowest BCUT2D eigenvalue weighted by Crippen LogP contribution is -2.19. The second-order valence-electron chi connectivity index (χ2n) is 14.7. The SMILES string of the molecule is C=CS(=O)(=O)c1cc(N=Nc2c(SOOO)cc3c(S(=O)(=O)O)c(N)ccc3c2O)c(S(=O)(=O)O)cc1SOOO.NC(=O)Nc1ccccc1N=Nc1cc2c(S(=O)(=O)O)cc(S(=O)(=O)O)cc2cc1SOOO.Nc1ncnc(Cl)n1. The molecule has 0 saturated heterocycles. The number of nitrogens with two attached hydrogens (primary N) is 3. The molecule has 0 unspecified atom stereocenters. The van der Waals surface area contributed by atoms with Crippen LogP contribution in [0.5, 0.6) is 5.75 Å². The van der Waals surface area contributed by atoms with Crippen LogP contribution < -0.4 is 22.5 Å². The quantitative estimate of drug-likeness (QED) is 0.00873. The number of anilines is 3. The van der Waals surface area contributed by atoms with Crippen molar-refractivity contribution in [2.75, 3.05) is 16.8 Å². The molecule has 7 aromatic rings. The van der Waals surface area contributed by atoms with Crippen LogP contribution in [0.3, 0.4) is 0 Å². The highest BCUT2D eigenvalue weighted by molar-refractivity contribution is 7.97. The smallest absolute Gasteiger partial charge is 0.316 e. The lowest BCUT2D eigenvalue weighted by molar-refractivity contribution is -0.432. The van der Waals surface area contributed by atoms with E-state index in [9.17, 15) is 70.2 Å². The van der Waals surface area contributed by atoms with Gasteiger partial charge in [0, 0.05) is 21.6 Å². The number of amides is 2. The van der Waals surface area contributed by atoms with Crippen LogP contribution in [0.4, 0.5) is 44.9 Å². The molecule has 0 radical (unpaired) electrons. The van der Waals surface area contributed by atoms with Crippen molar-refractivity contribution in [3.63, 3.8) is 0 Å². The Bertz CT molecular complexity index is 4290. The number of halogens is 1. The maximum Gasteiger partial charge on any atom is 0.316 e. The van der Waals surface area contributed by atoms with Gasteiger partial charge in [0.1, 0.15) is 43.8 Å². The summed E-state index contributed by atoms with van der Waals surface area (Å²) in [6.45, 7) is 3.14. The first-order valence-corrected chi connectivity index (χ1v) is 30.3. The third-order valence-electron chi connectivity index (χ3n) is 9.55. The van der Waals surface area contributed by atoms with Gasteiger partial charge < -0.3 is 27.6 Å². The number of hydrogen-bond donors (Lipinski definition) is 12. The predicted molar refractivity (Wildman–Crippen MR) is 286 cm³/mol. The molecule has 83 heavy (non-hydrogen) atoms. The van der Waals surface area contributed by atoms with Crippen molar-refractivity contribution < 1.29 is 114 Å². The van der Waals surface area contributed by atoms with E-state index in [1.54, 1.807) is 12.1 Å². The van der Waals surface area contributed by atoms with Gasteiger partial charge in [0.25, 0.3) is 40.5 Å². The third-order valence-corrected chi connectivity index (χ3v) is 16.7. The molecule has 0 aliphatic heterocycles. The van der Waals surface area contributed by atoms with Gasteiger partial charge in [-0.1, -0.05) is 33.8 Å². The highest BCUT2D eigenvalue weighted by Gasteiger charge is 2.28. The number of nitrogen functional groups attached to an aromatic ring is 2. The standard InChI is InChI=1S/C18H15N3O15S5.C17H14N4O10S3.C3H3ClN4/c1-2-39(25,26)15-6-11(14(40(27,28)29)7-12(15)37-35-33-23)20-21-16-13(38-36-34-24)5-9-8(17(16)22)3-4-10(19)18(9)41(30,31)32;18-17(22)19-12-3-1-2-4-13(12)20-21-14-8-11-9(6-15(14)32-31-30-23)5-10(33(24,25)26)7-16(11)34(27,28)29;4-2-6-1-7-3(5)8-2/h2-7,22-24H,1,19H2,(H,27,28,29)(H,30,31,32);1-8,23H,(H3,18,19,22)(H,24,25,26)(H,27,28,29);1H,(H2,5,6,7,8). The predicted octanol–water partition coefficient (Wildman–Crippen LogP) is 7.58. The number of nitrogens with one attached hydrogen (secondary N) is 1. The Hall–Kier alpha value is -6.97. The van der Waals surface area contributed by atoms with Crippen molar-refractivity contribution in [1.82, 2.24) is 15.0 Å². The molecule has 1 heterocycles. The molecule has 0 atom stereocenters. The zero-order valence-corrected chi connectivity index (χ0v) is 47.2. The van der Waals surface area contributed by atoms with Crippen molar-refractivity contribution >= 4 is 166 Å². The van der Waals surface area contributed by atoms with E-state index < -0.39 is 109 Å². The molecule has 0 fully saturated rings. The second kappa shape index (κ2) is 28.1. The lowest BCUT2D eigenvalue weighted by atomic mass is 10.1. The number of sulfone groups is 1. The average Bonchev–Trinajstić information content (AvgIpc) is 3.45. The number of nitrogens with zero attached hydrogens (tertiary/aromatic N) is 7. The molecule has 1 aromatic heterocycles. The van der Waals surface area contributed by atoms with Crippen molar-refractivity contribution in [2.24, 2.45) is 26.2 Å². The first kappa shape index (κ1) is 66.8. The maximum absolute atomic E-state index is 12.5. The van der Waals surface area contributed by atoms with E-state index in [0.717, 1.165) is 30.3 Å². The Morgan fingerprint density at radius 1 is 0.627 bits per heavy atom. The molecule has 36 nitrogen and oxygen atoms in total. The molecule has 7 rings (SSSR count). The average molecular weight is 1330 g/mol. The molecular weight excluding hydrogens is 1300 g/mol. The van der Waals surface area contributed by atoms with Gasteiger partial charge >= 0.3 is 6.03 Å². The Balaban J connectivity index is 0.000000270. The topological polar surface area (TPSA) is 583 Å². The number of primary amides is 1. The molecule has 0 aliphatic carbocycles. The summed E-state index contributed by atoms with van der Waals surface area (Å²) in [5, 5.41) is 64.2. The molecular formula is C38H32ClN11O25S8. The van der Waals surface area contributed by atoms with E-state index >= 15 is 0 Å². The molecule has 0 bridgehead atoms. The van der Waals surface area contributed by atoms with Gasteiger partial charge in [0.15, 0.2) is 5.75 Å². The van der Waals surface area contributed by atoms with Crippen LogP contribution >= 0.6 is 47.7 Å². The van der Waals surface area contributed by atoms with Crippen LogP contribution in [0.2, 0.25) is 5.28 Å². The molecule has 0 spiro atoms. The van der Waals surface area contributed by atoms with Crippen molar-refractivity contribution in [2.45, 2.75) is 39.2 Å². The number of carbonyl (C=O) groups excluding carboxylic acids is 1. The van der Waals surface area contributed by atoms with E-state index in [0.29, 0.717) is 35.6 Å². The molecule has 15 N–H and O–H groups in total. The number of fused-ring (bicyclic) bond motifs is 2. The molecule has 6 aromatic carbocycles. The third kappa shape index (κ3) is 17.8. The van der Waals surface area contributed by atoms with Gasteiger partial charge in [0.2, 0.25) is 21.1 Å². The molecule has 444 valence electrons. The number of aromatic hydroxyl groups is 1. The highest BCUT2D eigenvalue weighted by Crippen LogP contribution is 2.47. The number of rotatable bonds is 20. The summed E-state index contributed by atoms with van der Waals surface area (Å²) in [4.78, 5) is 16.7. The minimum absolute atomic E-state index is 0.0384. The Morgan fingerprint density at radius 3 is 1.76 bits per heavy atom. The van der Waals surface area contributed by atoms with Crippen LogP contribution in [0.1, 0.15) is 0 Å². The minimum Gasteiger partial charge on any atom is -0.505 e. The highest BCUT2D eigenvalue weighted by atomic mass is 35.5. The summed E-state index contributed by atoms with van der Waals surface area (Å²) in [7, 11) is -24.3. The van der Waals surface area contributed by atoms with Crippen LogP contribution in [0.25, 0.3) is 21.5 Å². The normalized spacial score (nSPS) is 12.2. The van der Waals surface area contributed by atoms with Crippen molar-refractivity contribution in [3.05, 3.63) is 102 Å². The van der Waals surface area contributed by atoms with Crippen LogP contribution in [-0.4, -0.2) is 102 Å². The zero-order valence-electron chi connectivity index (χ0n) is 39.9. The second-order valence-corrected chi connectivity index (χ2v) is 24.7. The van der Waals surface area contributed by atoms with Gasteiger partial charge in [-0.25, -0.2) is 39.0 Å². The zero-order chi connectivity index (χ0) is 61.8. The molecule has 2 amide bonds. The summed E-state index contributed by atoms with van der Waals surface area (Å²) in [6, 6.07) is 13.5. The Labute approximate surface area is 482 Å². The Kier molecular flexibility index (Phi) is 22.6. The summed E-state index contributed by atoms with van der Waals surface area (Å²) in [6.07, 6.45) is 1.25. The number of benzene rings is 6. The summed E-state index contributed by atoms with van der Waals surface area (Å²) < 4.78 is 171. The van der Waals surface area contributed by atoms with E-state index in [-0.39, 0.29) is 83.7 Å². The van der Waals surface area contributed by atoms with E-state index in [2.05, 4.69) is 75.4 Å². The lowest BCUT2D eigenvalue weighted by Gasteiger charge is -2.13. The van der Waals surface area contributed by atoms with Gasteiger partial charge in [-0.2, -0.15) is 38.7 Å². The van der Waals surface area contributed by atoms with Gasteiger partial charge in [-0.3, -0.25) is 18.2 Å². The van der Waals surface area contributed by atoms with Gasteiger partial charge in [-0.05, 0) is 83.7 Å². The number of phenols is 1. The Morgan fingerprint density at radius 2 is 1.22 bits per heavy atom. The molecule has 0 aliphatic rings. The van der Waals surface area contributed by atoms with Gasteiger partial charge in [-0.15, -0.1) is 33.5 Å². The summed E-state index contributed by atoms with van der Waals surface area (Å²) in [5.74, 6) is -0.696. The fraction of sp³-hybridized carbons (Fsp3) is 0. The number of para-hydroxylation sites is 1. The minimum atomic E-state index is -5.15. The van der Waals surface area contributed by atoms with E-state index in [1.165, 1.54) is 24.5 Å². The number of aromatic nitrogens is 3. The number of phenolic OH excluding ortho intramolecular Hbond substituents is 1. The number of hydrogen-bond acceptors (Lipinski definition) is 33. The molecule has 0 saturated carbocycles. The first-order valence-electron chi connectivity index (χ1n) is 20.4. The van der Waals surface area contributed by atoms with Gasteiger partial charge in [0.05, 0.1) is 72.0 Å². The monoisotopic (exact) mass is 1330 g/mol.